The van der Waals surface area contributed by atoms with Gasteiger partial charge in [-0.2, -0.15) is 0 Å². The normalized spacial score (nSPS) is 10.9. The highest BCUT2D eigenvalue weighted by Gasteiger charge is 2.08. The monoisotopic (exact) mass is 216 g/mol. The van der Waals surface area contributed by atoms with Gasteiger partial charge in [0.05, 0.1) is 0 Å². The van der Waals surface area contributed by atoms with Gasteiger partial charge in [0, 0.05) is 26.1 Å². The number of aldehydes is 1. The number of unbranched alkanes of at least 4 members (excludes halogenated alkanes) is 2. The van der Waals surface area contributed by atoms with Crippen LogP contribution in [0.5, 0.6) is 0 Å². The molecule has 90 valence electrons. The van der Waals surface area contributed by atoms with E-state index in [1.807, 2.05) is 0 Å². The van der Waals surface area contributed by atoms with Crippen LogP contribution >= 0.6 is 0 Å². The summed E-state index contributed by atoms with van der Waals surface area (Å²) in [6, 6.07) is 0. The maximum Gasteiger partial charge on any atom is 0.157 e. The Balaban J connectivity index is 3.57. The van der Waals surface area contributed by atoms with Crippen LogP contribution in [0.3, 0.4) is 0 Å². The Morgan fingerprint density at radius 3 is 2.00 bits per heavy atom. The van der Waals surface area contributed by atoms with Crippen molar-refractivity contribution in [3.8, 4) is 0 Å². The van der Waals surface area contributed by atoms with E-state index in [-0.39, 0.29) is 6.29 Å². The zero-order valence-corrected chi connectivity index (χ0v) is 10.0. The molecule has 0 rings (SSSR count). The first-order valence-electron chi connectivity index (χ1n) is 6.02. The molecule has 0 aromatic carbocycles. The molecule has 0 spiro atoms. The summed E-state index contributed by atoms with van der Waals surface area (Å²) >= 11 is 0. The Labute approximate surface area is 93.1 Å². The first-order valence-corrected chi connectivity index (χ1v) is 6.02. The molecule has 0 saturated heterocycles. The third kappa shape index (κ3) is 9.88. The van der Waals surface area contributed by atoms with Crippen LogP contribution in [0.25, 0.3) is 0 Å². The summed E-state index contributed by atoms with van der Waals surface area (Å²) in [6.45, 7) is 5.71. The average Bonchev–Trinajstić information content (AvgIpc) is 2.25. The fourth-order valence-corrected chi connectivity index (χ4v) is 1.14. The van der Waals surface area contributed by atoms with Crippen molar-refractivity contribution in [1.82, 2.24) is 0 Å². The topological polar surface area (TPSA) is 35.5 Å². The molecular formula is C12H24O3. The second kappa shape index (κ2) is 11.7. The van der Waals surface area contributed by atoms with E-state index in [2.05, 4.69) is 13.8 Å². The molecule has 0 aliphatic rings. The van der Waals surface area contributed by atoms with Crippen molar-refractivity contribution in [1.29, 1.82) is 0 Å². The molecule has 0 amide bonds. The van der Waals surface area contributed by atoms with Crippen LogP contribution in [-0.2, 0) is 14.3 Å². The number of hydrogen-bond acceptors (Lipinski definition) is 3. The molecule has 0 saturated carbocycles. The molecule has 0 bridgehead atoms. The molecular weight excluding hydrogens is 192 g/mol. The lowest BCUT2D eigenvalue weighted by atomic mass is 10.3. The van der Waals surface area contributed by atoms with E-state index in [0.29, 0.717) is 12.8 Å². The fraction of sp³-hybridized carbons (Fsp3) is 0.917. The quantitative estimate of drug-likeness (QED) is 0.302. The Hall–Kier alpha value is -0.410. The van der Waals surface area contributed by atoms with E-state index in [1.165, 1.54) is 0 Å². The molecule has 3 heteroatoms. The zero-order chi connectivity index (χ0) is 11.4. The van der Waals surface area contributed by atoms with Crippen LogP contribution in [0.2, 0.25) is 0 Å². The third-order valence-corrected chi connectivity index (χ3v) is 2.12. The van der Waals surface area contributed by atoms with Gasteiger partial charge in [0.2, 0.25) is 0 Å². The van der Waals surface area contributed by atoms with Gasteiger partial charge >= 0.3 is 0 Å². The van der Waals surface area contributed by atoms with Crippen molar-refractivity contribution in [2.75, 3.05) is 13.2 Å². The molecule has 0 N–H and O–H groups in total. The van der Waals surface area contributed by atoms with Gasteiger partial charge in [0.15, 0.2) is 6.29 Å². The molecule has 0 aliphatic carbocycles. The number of carbonyl (C=O) groups is 1. The van der Waals surface area contributed by atoms with E-state index in [1.54, 1.807) is 0 Å². The van der Waals surface area contributed by atoms with E-state index in [4.69, 9.17) is 9.47 Å². The Morgan fingerprint density at radius 2 is 1.60 bits per heavy atom. The minimum atomic E-state index is -0.187. The van der Waals surface area contributed by atoms with E-state index < -0.39 is 0 Å². The molecule has 15 heavy (non-hydrogen) atoms. The standard InChI is InChI=1S/C12H24O3/c1-3-5-10-14-12(8-7-9-13)15-11-6-4-2/h9,12H,3-8,10-11H2,1-2H3. The number of hydrogen-bond donors (Lipinski definition) is 0. The summed E-state index contributed by atoms with van der Waals surface area (Å²) in [7, 11) is 0. The molecule has 0 aromatic heterocycles. The molecule has 3 nitrogen and oxygen atoms in total. The van der Waals surface area contributed by atoms with Gasteiger partial charge < -0.3 is 14.3 Å². The summed E-state index contributed by atoms with van der Waals surface area (Å²) in [5.41, 5.74) is 0. The van der Waals surface area contributed by atoms with Crippen LogP contribution in [0.1, 0.15) is 52.4 Å². The predicted molar refractivity (Wildman–Crippen MR) is 60.8 cm³/mol. The summed E-state index contributed by atoms with van der Waals surface area (Å²) in [5, 5.41) is 0. The van der Waals surface area contributed by atoms with Crippen LogP contribution < -0.4 is 0 Å². The van der Waals surface area contributed by atoms with Gasteiger partial charge in [0.1, 0.15) is 6.29 Å². The van der Waals surface area contributed by atoms with Gasteiger partial charge in [0.25, 0.3) is 0 Å². The highest BCUT2D eigenvalue weighted by molar-refractivity contribution is 5.49. The number of rotatable bonds is 11. The van der Waals surface area contributed by atoms with Crippen molar-refractivity contribution < 1.29 is 14.3 Å². The lowest BCUT2D eigenvalue weighted by Crippen LogP contribution is -2.19. The zero-order valence-electron chi connectivity index (χ0n) is 10.0. The first kappa shape index (κ1) is 14.6. The van der Waals surface area contributed by atoms with E-state index >= 15 is 0 Å². The molecule has 0 heterocycles. The number of ether oxygens (including phenoxy) is 2. The molecule has 0 radical (unpaired) electrons. The largest absolute Gasteiger partial charge is 0.353 e. The van der Waals surface area contributed by atoms with Crippen LogP contribution in [-0.4, -0.2) is 25.8 Å². The molecule has 0 atom stereocenters. The molecule has 0 aliphatic heterocycles. The second-order valence-corrected chi connectivity index (χ2v) is 3.62. The van der Waals surface area contributed by atoms with Crippen molar-refractivity contribution >= 4 is 6.29 Å². The van der Waals surface area contributed by atoms with Gasteiger partial charge in [-0.25, -0.2) is 0 Å². The fourth-order valence-electron chi connectivity index (χ4n) is 1.14. The Morgan fingerprint density at radius 1 is 1.07 bits per heavy atom. The Kier molecular flexibility index (Phi) is 11.3. The van der Waals surface area contributed by atoms with Gasteiger partial charge in [-0.05, 0) is 12.8 Å². The summed E-state index contributed by atoms with van der Waals surface area (Å²) in [5.74, 6) is 0. The van der Waals surface area contributed by atoms with Crippen molar-refractivity contribution in [2.45, 2.75) is 58.7 Å². The van der Waals surface area contributed by atoms with E-state index in [0.717, 1.165) is 45.2 Å². The lowest BCUT2D eigenvalue weighted by Gasteiger charge is -2.17. The van der Waals surface area contributed by atoms with E-state index in [9.17, 15) is 4.79 Å². The molecule has 0 unspecified atom stereocenters. The molecule has 0 aromatic rings. The lowest BCUT2D eigenvalue weighted by molar-refractivity contribution is -0.148. The van der Waals surface area contributed by atoms with Crippen molar-refractivity contribution in [3.63, 3.8) is 0 Å². The van der Waals surface area contributed by atoms with Crippen LogP contribution in [0.15, 0.2) is 0 Å². The maximum atomic E-state index is 10.3. The second-order valence-electron chi connectivity index (χ2n) is 3.62. The Bertz CT molecular complexity index is 127. The predicted octanol–water partition coefficient (Wildman–Crippen LogP) is 2.93. The van der Waals surface area contributed by atoms with Crippen molar-refractivity contribution in [2.24, 2.45) is 0 Å². The SMILES string of the molecule is CCCCOC(CCC=O)OCCCC. The maximum absolute atomic E-state index is 10.3. The number of carbonyl (C=O) groups excluding carboxylic acids is 1. The minimum Gasteiger partial charge on any atom is -0.353 e. The molecule has 0 fully saturated rings. The summed E-state index contributed by atoms with van der Waals surface area (Å²) < 4.78 is 11.1. The highest BCUT2D eigenvalue weighted by atomic mass is 16.7. The summed E-state index contributed by atoms with van der Waals surface area (Å²) in [6.07, 6.45) is 6.27. The first-order chi connectivity index (χ1) is 7.35. The van der Waals surface area contributed by atoms with Crippen LogP contribution in [0, 0.1) is 0 Å². The summed E-state index contributed by atoms with van der Waals surface area (Å²) in [4.78, 5) is 10.3. The highest BCUT2D eigenvalue weighted by Crippen LogP contribution is 2.06. The third-order valence-electron chi connectivity index (χ3n) is 2.12. The minimum absolute atomic E-state index is 0.187. The van der Waals surface area contributed by atoms with Gasteiger partial charge in [-0.1, -0.05) is 26.7 Å². The average molecular weight is 216 g/mol. The van der Waals surface area contributed by atoms with Gasteiger partial charge in [-0.15, -0.1) is 0 Å². The van der Waals surface area contributed by atoms with Crippen molar-refractivity contribution in [3.05, 3.63) is 0 Å². The van der Waals surface area contributed by atoms with Gasteiger partial charge in [-0.3, -0.25) is 0 Å². The van der Waals surface area contributed by atoms with Crippen LogP contribution in [0.4, 0.5) is 0 Å². The smallest absolute Gasteiger partial charge is 0.157 e.